The number of carbonyl (C=O) groups excluding carboxylic acids is 2. The second kappa shape index (κ2) is 8.27. The van der Waals surface area contributed by atoms with Crippen molar-refractivity contribution in [1.29, 1.82) is 0 Å². The molecule has 5 heteroatoms. The first-order valence-corrected chi connectivity index (χ1v) is 8.79. The van der Waals surface area contributed by atoms with Crippen molar-refractivity contribution in [3.8, 4) is 0 Å². The van der Waals surface area contributed by atoms with Crippen LogP contribution in [-0.2, 0) is 6.42 Å². The maximum absolute atomic E-state index is 12.3. The molecule has 0 aliphatic heterocycles. The molecule has 27 heavy (non-hydrogen) atoms. The number of ketones is 1. The van der Waals surface area contributed by atoms with Crippen LogP contribution in [0.2, 0.25) is 0 Å². The number of Topliss-reactive ketones (excluding diaryl/α,β-unsaturated/α-hetero) is 1. The molecule has 0 saturated carbocycles. The Bertz CT molecular complexity index is 931. The van der Waals surface area contributed by atoms with E-state index >= 15 is 0 Å². The Labute approximate surface area is 158 Å². The molecule has 5 nitrogen and oxygen atoms in total. The fourth-order valence-electron chi connectivity index (χ4n) is 2.58. The molecule has 0 aliphatic carbocycles. The largest absolute Gasteiger partial charge is 0.354 e. The summed E-state index contributed by atoms with van der Waals surface area (Å²) in [7, 11) is 0. The molecule has 0 saturated heterocycles. The van der Waals surface area contributed by atoms with E-state index in [0.717, 1.165) is 17.8 Å². The molecule has 1 heterocycles. The van der Waals surface area contributed by atoms with Gasteiger partial charge >= 0.3 is 0 Å². The zero-order chi connectivity index (χ0) is 19.2. The van der Waals surface area contributed by atoms with E-state index in [1.54, 1.807) is 36.5 Å². The fourth-order valence-corrected chi connectivity index (χ4v) is 2.58. The summed E-state index contributed by atoms with van der Waals surface area (Å²) in [6.45, 7) is 3.62. The topological polar surface area (TPSA) is 71.1 Å². The number of amides is 1. The summed E-state index contributed by atoms with van der Waals surface area (Å²) in [4.78, 5) is 27.8. The molecular weight excluding hydrogens is 338 g/mol. The monoisotopic (exact) mass is 359 g/mol. The van der Waals surface area contributed by atoms with E-state index in [4.69, 9.17) is 0 Å². The number of benzene rings is 2. The summed E-state index contributed by atoms with van der Waals surface area (Å²) in [6.07, 6.45) is 2.63. The Kier molecular flexibility index (Phi) is 5.61. The molecule has 1 amide bonds. The fraction of sp³-hybridized carbons (Fsp3) is 0.136. The lowest BCUT2D eigenvalue weighted by molar-refractivity contribution is 0.101. The van der Waals surface area contributed by atoms with Gasteiger partial charge in [0.25, 0.3) is 5.91 Å². The van der Waals surface area contributed by atoms with Crippen LogP contribution in [0.5, 0.6) is 0 Å². The maximum Gasteiger partial charge on any atom is 0.274 e. The van der Waals surface area contributed by atoms with Crippen LogP contribution in [0.4, 0.5) is 17.1 Å². The minimum Gasteiger partial charge on any atom is -0.354 e. The van der Waals surface area contributed by atoms with Crippen molar-refractivity contribution in [3.05, 3.63) is 83.7 Å². The Morgan fingerprint density at radius 2 is 1.48 bits per heavy atom. The molecule has 0 aliphatic rings. The lowest BCUT2D eigenvalue weighted by Crippen LogP contribution is -2.13. The van der Waals surface area contributed by atoms with Crippen LogP contribution in [0, 0.1) is 0 Å². The lowest BCUT2D eigenvalue weighted by Gasteiger charge is -2.08. The van der Waals surface area contributed by atoms with Crippen molar-refractivity contribution >= 4 is 28.8 Å². The zero-order valence-corrected chi connectivity index (χ0v) is 15.3. The molecule has 1 aromatic heterocycles. The summed E-state index contributed by atoms with van der Waals surface area (Å²) in [5, 5.41) is 6.03. The first kappa shape index (κ1) is 18.3. The highest BCUT2D eigenvalue weighted by Gasteiger charge is 2.08. The summed E-state index contributed by atoms with van der Waals surface area (Å²) in [5.41, 5.74) is 4.59. The number of hydrogen-bond acceptors (Lipinski definition) is 4. The number of anilines is 3. The molecule has 0 spiro atoms. The summed E-state index contributed by atoms with van der Waals surface area (Å²) in [5.74, 6) is -0.314. The first-order chi connectivity index (χ1) is 13.0. The van der Waals surface area contributed by atoms with Gasteiger partial charge in [-0.05, 0) is 67.4 Å². The van der Waals surface area contributed by atoms with Gasteiger partial charge in [0, 0.05) is 16.9 Å². The number of nitrogens with zero attached hydrogens (tertiary/aromatic N) is 1. The van der Waals surface area contributed by atoms with Crippen LogP contribution in [0.1, 0.15) is 40.3 Å². The number of aryl methyl sites for hydroxylation is 1. The molecule has 0 bridgehead atoms. The number of rotatable bonds is 6. The highest BCUT2D eigenvalue weighted by atomic mass is 16.2. The Hall–Kier alpha value is -3.47. The van der Waals surface area contributed by atoms with E-state index in [9.17, 15) is 9.59 Å². The van der Waals surface area contributed by atoms with Gasteiger partial charge in [-0.2, -0.15) is 0 Å². The molecule has 0 atom stereocenters. The average molecular weight is 359 g/mol. The van der Waals surface area contributed by atoms with E-state index < -0.39 is 0 Å². The van der Waals surface area contributed by atoms with Gasteiger partial charge < -0.3 is 10.6 Å². The third kappa shape index (κ3) is 4.79. The van der Waals surface area contributed by atoms with Crippen molar-refractivity contribution < 1.29 is 9.59 Å². The minimum atomic E-state index is -0.301. The smallest absolute Gasteiger partial charge is 0.274 e. The van der Waals surface area contributed by atoms with Crippen molar-refractivity contribution in [1.82, 2.24) is 4.98 Å². The molecular formula is C22H21N3O2. The highest BCUT2D eigenvalue weighted by molar-refractivity contribution is 6.03. The number of aromatic nitrogens is 1. The molecule has 3 aromatic rings. The first-order valence-electron chi connectivity index (χ1n) is 8.79. The molecule has 0 fully saturated rings. The Morgan fingerprint density at radius 3 is 2.04 bits per heavy atom. The van der Waals surface area contributed by atoms with Gasteiger partial charge in [0.05, 0.1) is 11.9 Å². The summed E-state index contributed by atoms with van der Waals surface area (Å²) in [6, 6.07) is 18.4. The predicted molar refractivity (Wildman–Crippen MR) is 108 cm³/mol. The number of nitrogens with one attached hydrogen (secondary N) is 2. The van der Waals surface area contributed by atoms with E-state index in [1.807, 2.05) is 18.2 Å². The summed E-state index contributed by atoms with van der Waals surface area (Å²) < 4.78 is 0. The van der Waals surface area contributed by atoms with Gasteiger partial charge in [0.2, 0.25) is 0 Å². The minimum absolute atomic E-state index is 0.0121. The number of pyridine rings is 1. The number of carbonyl (C=O) groups is 2. The Balaban J connectivity index is 1.63. The second-order valence-corrected chi connectivity index (χ2v) is 6.20. The van der Waals surface area contributed by atoms with Crippen LogP contribution < -0.4 is 10.6 Å². The van der Waals surface area contributed by atoms with Crippen molar-refractivity contribution in [3.63, 3.8) is 0 Å². The molecule has 0 unspecified atom stereocenters. The molecule has 136 valence electrons. The quantitative estimate of drug-likeness (QED) is 0.618. The highest BCUT2D eigenvalue weighted by Crippen LogP contribution is 2.17. The molecule has 3 rings (SSSR count). The van der Waals surface area contributed by atoms with Crippen molar-refractivity contribution in [2.75, 3.05) is 10.6 Å². The molecule has 0 radical (unpaired) electrons. The normalized spacial score (nSPS) is 10.3. The predicted octanol–water partition coefficient (Wildman–Crippen LogP) is 4.84. The van der Waals surface area contributed by atoms with Gasteiger partial charge in [0.15, 0.2) is 5.78 Å². The van der Waals surface area contributed by atoms with Gasteiger partial charge in [-0.25, -0.2) is 4.98 Å². The zero-order valence-electron chi connectivity index (χ0n) is 15.3. The average Bonchev–Trinajstić information content (AvgIpc) is 2.69. The van der Waals surface area contributed by atoms with Crippen LogP contribution in [0.25, 0.3) is 0 Å². The maximum atomic E-state index is 12.3. The third-order valence-electron chi connectivity index (χ3n) is 4.20. The third-order valence-corrected chi connectivity index (χ3v) is 4.20. The van der Waals surface area contributed by atoms with Crippen LogP contribution >= 0.6 is 0 Å². The lowest BCUT2D eigenvalue weighted by atomic mass is 10.1. The SMILES string of the molecule is CCc1ccc(Nc2ccc(C(=O)Nc3ccc(C(C)=O)cc3)nc2)cc1. The van der Waals surface area contributed by atoms with Crippen LogP contribution in [0.3, 0.4) is 0 Å². The summed E-state index contributed by atoms with van der Waals surface area (Å²) >= 11 is 0. The van der Waals surface area contributed by atoms with Crippen molar-refractivity contribution in [2.45, 2.75) is 20.3 Å². The van der Waals surface area contributed by atoms with Crippen LogP contribution in [0.15, 0.2) is 66.9 Å². The van der Waals surface area contributed by atoms with E-state index in [2.05, 4.69) is 34.7 Å². The molecule has 2 aromatic carbocycles. The van der Waals surface area contributed by atoms with E-state index in [-0.39, 0.29) is 11.7 Å². The second-order valence-electron chi connectivity index (χ2n) is 6.20. The molecule has 2 N–H and O–H groups in total. The van der Waals surface area contributed by atoms with Gasteiger partial charge in [0.1, 0.15) is 5.69 Å². The van der Waals surface area contributed by atoms with Crippen molar-refractivity contribution in [2.24, 2.45) is 0 Å². The number of hydrogen-bond donors (Lipinski definition) is 2. The van der Waals surface area contributed by atoms with Crippen LogP contribution in [-0.4, -0.2) is 16.7 Å². The Morgan fingerprint density at radius 1 is 0.852 bits per heavy atom. The van der Waals surface area contributed by atoms with E-state index in [0.29, 0.717) is 16.9 Å². The standard InChI is InChI=1S/C22H21N3O2/c1-3-16-4-8-18(9-5-16)24-20-12-13-21(23-14-20)22(27)25-19-10-6-17(7-11-19)15(2)26/h4-14,24H,3H2,1-2H3,(H,25,27). The van der Waals surface area contributed by atoms with E-state index in [1.165, 1.54) is 12.5 Å². The van der Waals surface area contributed by atoms with Gasteiger partial charge in [-0.1, -0.05) is 19.1 Å². The van der Waals surface area contributed by atoms with Gasteiger partial charge in [-0.15, -0.1) is 0 Å². The van der Waals surface area contributed by atoms with Gasteiger partial charge in [-0.3, -0.25) is 9.59 Å².